The van der Waals surface area contributed by atoms with E-state index in [0.717, 1.165) is 12.0 Å². The summed E-state index contributed by atoms with van der Waals surface area (Å²) >= 11 is 5.60. The molecule has 0 aromatic heterocycles. The SMILES string of the molecule is COCCCOCCOc1ccc(CCl)cc1F. The topological polar surface area (TPSA) is 27.7 Å². The van der Waals surface area contributed by atoms with Crippen molar-refractivity contribution in [1.82, 2.24) is 0 Å². The van der Waals surface area contributed by atoms with Crippen molar-refractivity contribution in [1.29, 1.82) is 0 Å². The van der Waals surface area contributed by atoms with Crippen molar-refractivity contribution in [3.63, 3.8) is 0 Å². The van der Waals surface area contributed by atoms with Gasteiger partial charge in [-0.2, -0.15) is 0 Å². The third kappa shape index (κ3) is 5.67. The number of hydrogen-bond acceptors (Lipinski definition) is 3. The molecule has 1 rings (SSSR count). The number of rotatable bonds is 9. The van der Waals surface area contributed by atoms with Crippen molar-refractivity contribution < 1.29 is 18.6 Å². The summed E-state index contributed by atoms with van der Waals surface area (Å²) in [6, 6.07) is 4.70. The predicted octanol–water partition coefficient (Wildman–Crippen LogP) is 3.00. The van der Waals surface area contributed by atoms with Crippen LogP contribution in [0.15, 0.2) is 18.2 Å². The molecule has 18 heavy (non-hydrogen) atoms. The number of methoxy groups -OCH3 is 1. The van der Waals surface area contributed by atoms with Crippen LogP contribution in [0.1, 0.15) is 12.0 Å². The molecule has 0 unspecified atom stereocenters. The highest BCUT2D eigenvalue weighted by atomic mass is 35.5. The molecule has 3 nitrogen and oxygen atoms in total. The zero-order chi connectivity index (χ0) is 13.2. The Morgan fingerprint density at radius 1 is 1.17 bits per heavy atom. The first-order chi connectivity index (χ1) is 8.77. The van der Waals surface area contributed by atoms with E-state index in [4.69, 9.17) is 25.8 Å². The minimum atomic E-state index is -0.396. The van der Waals surface area contributed by atoms with Crippen molar-refractivity contribution in [3.8, 4) is 5.75 Å². The van der Waals surface area contributed by atoms with Gasteiger partial charge in [-0.25, -0.2) is 4.39 Å². The molecular weight excluding hydrogens is 259 g/mol. The van der Waals surface area contributed by atoms with Crippen LogP contribution in [0.2, 0.25) is 0 Å². The summed E-state index contributed by atoms with van der Waals surface area (Å²) in [7, 11) is 1.65. The summed E-state index contributed by atoms with van der Waals surface area (Å²) in [6.07, 6.45) is 0.843. The van der Waals surface area contributed by atoms with E-state index < -0.39 is 5.82 Å². The summed E-state index contributed by atoms with van der Waals surface area (Å²) in [6.45, 7) is 2.05. The van der Waals surface area contributed by atoms with Crippen LogP contribution in [-0.4, -0.2) is 33.5 Å². The van der Waals surface area contributed by atoms with Gasteiger partial charge in [0.1, 0.15) is 6.61 Å². The van der Waals surface area contributed by atoms with Gasteiger partial charge >= 0.3 is 0 Å². The Hall–Kier alpha value is -0.840. The zero-order valence-electron chi connectivity index (χ0n) is 10.5. The van der Waals surface area contributed by atoms with Gasteiger partial charge in [0.05, 0.1) is 6.61 Å². The molecule has 0 fully saturated rings. The molecular formula is C13H18ClFO3. The molecule has 0 heterocycles. The van der Waals surface area contributed by atoms with Crippen LogP contribution >= 0.6 is 11.6 Å². The highest BCUT2D eigenvalue weighted by Crippen LogP contribution is 2.19. The third-order valence-electron chi connectivity index (χ3n) is 2.27. The van der Waals surface area contributed by atoms with Crippen molar-refractivity contribution in [2.45, 2.75) is 12.3 Å². The lowest BCUT2D eigenvalue weighted by atomic mass is 10.2. The number of ether oxygens (including phenoxy) is 3. The second-order valence-electron chi connectivity index (χ2n) is 3.71. The van der Waals surface area contributed by atoms with E-state index in [1.807, 2.05) is 0 Å². The van der Waals surface area contributed by atoms with Gasteiger partial charge in [-0.3, -0.25) is 0 Å². The van der Waals surface area contributed by atoms with Crippen LogP contribution < -0.4 is 4.74 Å². The highest BCUT2D eigenvalue weighted by molar-refractivity contribution is 6.17. The van der Waals surface area contributed by atoms with E-state index in [9.17, 15) is 4.39 Å². The molecule has 0 bridgehead atoms. The van der Waals surface area contributed by atoms with E-state index in [-0.39, 0.29) is 5.75 Å². The van der Waals surface area contributed by atoms with Gasteiger partial charge in [0.2, 0.25) is 0 Å². The lowest BCUT2D eigenvalue weighted by Gasteiger charge is -2.08. The van der Waals surface area contributed by atoms with Crippen LogP contribution in [0.25, 0.3) is 0 Å². The minimum Gasteiger partial charge on any atom is -0.488 e. The fraction of sp³-hybridized carbons (Fsp3) is 0.538. The second kappa shape index (κ2) is 9.14. The standard InChI is InChI=1S/C13H18ClFO3/c1-16-5-2-6-17-7-8-18-13-4-3-11(10-14)9-12(13)15/h3-4,9H,2,5-8,10H2,1H3. The predicted molar refractivity (Wildman–Crippen MR) is 68.8 cm³/mol. The Balaban J connectivity index is 2.19. The molecule has 0 saturated heterocycles. The Morgan fingerprint density at radius 3 is 2.67 bits per heavy atom. The van der Waals surface area contributed by atoms with E-state index in [1.165, 1.54) is 6.07 Å². The molecule has 0 N–H and O–H groups in total. The Labute approximate surface area is 112 Å². The van der Waals surface area contributed by atoms with Gasteiger partial charge in [-0.15, -0.1) is 11.6 Å². The first-order valence-electron chi connectivity index (χ1n) is 5.81. The van der Waals surface area contributed by atoms with Gasteiger partial charge < -0.3 is 14.2 Å². The molecule has 5 heteroatoms. The maximum Gasteiger partial charge on any atom is 0.165 e. The fourth-order valence-corrected chi connectivity index (χ4v) is 1.53. The number of hydrogen-bond donors (Lipinski definition) is 0. The number of halogens is 2. The second-order valence-corrected chi connectivity index (χ2v) is 3.97. The Bertz CT molecular complexity index is 347. The summed E-state index contributed by atoms with van der Waals surface area (Å²) in [5.41, 5.74) is 0.734. The van der Waals surface area contributed by atoms with Gasteiger partial charge in [-0.1, -0.05) is 6.07 Å². The van der Waals surface area contributed by atoms with Crippen molar-refractivity contribution in [2.24, 2.45) is 0 Å². The summed E-state index contributed by atoms with van der Waals surface area (Å²) in [5, 5.41) is 0. The molecule has 0 aliphatic carbocycles. The zero-order valence-corrected chi connectivity index (χ0v) is 11.2. The largest absolute Gasteiger partial charge is 0.488 e. The lowest BCUT2D eigenvalue weighted by Crippen LogP contribution is -2.09. The minimum absolute atomic E-state index is 0.226. The lowest BCUT2D eigenvalue weighted by molar-refractivity contribution is 0.0797. The van der Waals surface area contributed by atoms with Crippen LogP contribution in [0.3, 0.4) is 0 Å². The van der Waals surface area contributed by atoms with E-state index in [0.29, 0.717) is 32.3 Å². The third-order valence-corrected chi connectivity index (χ3v) is 2.58. The average Bonchev–Trinajstić information content (AvgIpc) is 2.39. The van der Waals surface area contributed by atoms with Crippen LogP contribution in [0.4, 0.5) is 4.39 Å². The van der Waals surface area contributed by atoms with Crippen molar-refractivity contribution >= 4 is 11.6 Å². The molecule has 1 aromatic rings. The number of alkyl halides is 1. The van der Waals surface area contributed by atoms with E-state index in [2.05, 4.69) is 0 Å². The Kier molecular flexibility index (Phi) is 7.73. The molecule has 0 aliphatic heterocycles. The monoisotopic (exact) mass is 276 g/mol. The normalized spacial score (nSPS) is 10.6. The molecule has 0 aliphatic rings. The number of benzene rings is 1. The van der Waals surface area contributed by atoms with Crippen LogP contribution in [0.5, 0.6) is 5.75 Å². The van der Waals surface area contributed by atoms with Crippen molar-refractivity contribution in [2.75, 3.05) is 33.5 Å². The van der Waals surface area contributed by atoms with Gasteiger partial charge in [0.25, 0.3) is 0 Å². The maximum atomic E-state index is 13.5. The molecule has 0 spiro atoms. The van der Waals surface area contributed by atoms with Crippen molar-refractivity contribution in [3.05, 3.63) is 29.6 Å². The van der Waals surface area contributed by atoms with Crippen LogP contribution in [-0.2, 0) is 15.4 Å². The molecule has 0 amide bonds. The smallest absolute Gasteiger partial charge is 0.165 e. The first kappa shape index (κ1) is 15.2. The van der Waals surface area contributed by atoms with E-state index in [1.54, 1.807) is 19.2 Å². The quantitative estimate of drug-likeness (QED) is 0.513. The summed E-state index contributed by atoms with van der Waals surface area (Å²) in [4.78, 5) is 0. The molecule has 0 saturated carbocycles. The van der Waals surface area contributed by atoms with Gasteiger partial charge in [0.15, 0.2) is 11.6 Å². The first-order valence-corrected chi connectivity index (χ1v) is 6.35. The van der Waals surface area contributed by atoms with Gasteiger partial charge in [-0.05, 0) is 24.1 Å². The fourth-order valence-electron chi connectivity index (χ4n) is 1.36. The maximum absolute atomic E-state index is 13.5. The average molecular weight is 277 g/mol. The van der Waals surface area contributed by atoms with Crippen LogP contribution in [0, 0.1) is 5.82 Å². The van der Waals surface area contributed by atoms with E-state index >= 15 is 0 Å². The molecule has 0 atom stereocenters. The summed E-state index contributed by atoms with van der Waals surface area (Å²) in [5.74, 6) is 0.122. The Morgan fingerprint density at radius 2 is 2.00 bits per heavy atom. The molecule has 0 radical (unpaired) electrons. The van der Waals surface area contributed by atoms with Gasteiger partial charge in [0, 0.05) is 26.2 Å². The summed E-state index contributed by atoms with van der Waals surface area (Å²) < 4.78 is 28.9. The molecule has 102 valence electrons. The highest BCUT2D eigenvalue weighted by Gasteiger charge is 2.04. The molecule has 1 aromatic carbocycles.